The maximum absolute atomic E-state index is 3.61. The fraction of sp³-hybridized carbons (Fsp3) is 0.692. The van der Waals surface area contributed by atoms with Gasteiger partial charge in [0, 0.05) is 19.1 Å². The Morgan fingerprint density at radius 2 is 2.25 bits per heavy atom. The summed E-state index contributed by atoms with van der Waals surface area (Å²) in [5, 5.41) is 8.02. The zero-order valence-corrected chi connectivity index (χ0v) is 10.9. The Morgan fingerprint density at radius 1 is 1.44 bits per heavy atom. The highest BCUT2D eigenvalue weighted by molar-refractivity contribution is 7.07. The molecule has 1 fully saturated rings. The van der Waals surface area contributed by atoms with Crippen molar-refractivity contribution in [3.8, 4) is 0 Å². The van der Waals surface area contributed by atoms with E-state index in [1.807, 2.05) is 0 Å². The van der Waals surface area contributed by atoms with Crippen LogP contribution in [0.15, 0.2) is 16.8 Å². The van der Waals surface area contributed by atoms with Crippen LogP contribution in [0.2, 0.25) is 0 Å². The van der Waals surface area contributed by atoms with Crippen LogP contribution in [0.1, 0.15) is 25.3 Å². The molecule has 1 N–H and O–H groups in total. The molecule has 1 unspecified atom stereocenters. The third-order valence-corrected chi connectivity index (χ3v) is 3.97. The van der Waals surface area contributed by atoms with Crippen molar-refractivity contribution in [1.82, 2.24) is 10.2 Å². The van der Waals surface area contributed by atoms with Gasteiger partial charge in [0.05, 0.1) is 0 Å². The second-order valence-electron chi connectivity index (χ2n) is 4.74. The van der Waals surface area contributed by atoms with E-state index in [1.165, 1.54) is 38.0 Å². The molecule has 0 radical (unpaired) electrons. The topological polar surface area (TPSA) is 15.3 Å². The minimum Gasteiger partial charge on any atom is -0.313 e. The number of hydrogen-bond acceptors (Lipinski definition) is 3. The summed E-state index contributed by atoms with van der Waals surface area (Å²) >= 11 is 1.79. The Kier molecular flexibility index (Phi) is 4.82. The predicted octanol–water partition coefficient (Wildman–Crippen LogP) is 2.36. The molecular formula is C13H22N2S. The lowest BCUT2D eigenvalue weighted by Gasteiger charge is -2.18. The molecule has 2 rings (SSSR count). The SMILES string of the molecule is CC(Cc1ccsc1)NCCN1CCCC1. The van der Waals surface area contributed by atoms with Crippen LogP contribution in [0.25, 0.3) is 0 Å². The Hall–Kier alpha value is -0.380. The highest BCUT2D eigenvalue weighted by Gasteiger charge is 2.11. The van der Waals surface area contributed by atoms with Crippen LogP contribution in [-0.2, 0) is 6.42 Å². The first-order chi connectivity index (χ1) is 7.84. The molecule has 1 aromatic rings. The summed E-state index contributed by atoms with van der Waals surface area (Å²) < 4.78 is 0. The van der Waals surface area contributed by atoms with Gasteiger partial charge in [-0.3, -0.25) is 0 Å². The standard InChI is InChI=1S/C13H22N2S/c1-12(10-13-4-9-16-11-13)14-5-8-15-6-2-3-7-15/h4,9,11-12,14H,2-3,5-8,10H2,1H3. The molecule has 3 heteroatoms. The summed E-state index contributed by atoms with van der Waals surface area (Å²) in [5.74, 6) is 0. The van der Waals surface area contributed by atoms with Gasteiger partial charge < -0.3 is 10.2 Å². The zero-order valence-electron chi connectivity index (χ0n) is 10.1. The number of nitrogens with zero attached hydrogens (tertiary/aromatic N) is 1. The van der Waals surface area contributed by atoms with E-state index in [0.29, 0.717) is 6.04 Å². The second-order valence-corrected chi connectivity index (χ2v) is 5.52. The summed E-state index contributed by atoms with van der Waals surface area (Å²) in [6, 6.07) is 2.82. The molecule has 90 valence electrons. The van der Waals surface area contributed by atoms with Gasteiger partial charge in [-0.05, 0) is 61.7 Å². The molecule has 2 heterocycles. The molecule has 0 aliphatic carbocycles. The maximum atomic E-state index is 3.61. The molecule has 1 aliphatic heterocycles. The molecule has 0 aromatic carbocycles. The van der Waals surface area contributed by atoms with Crippen molar-refractivity contribution < 1.29 is 0 Å². The number of likely N-dealkylation sites (tertiary alicyclic amines) is 1. The predicted molar refractivity (Wildman–Crippen MR) is 71.2 cm³/mol. The summed E-state index contributed by atoms with van der Waals surface area (Å²) in [6.07, 6.45) is 3.94. The van der Waals surface area contributed by atoms with Crippen LogP contribution >= 0.6 is 11.3 Å². The van der Waals surface area contributed by atoms with Crippen molar-refractivity contribution in [3.05, 3.63) is 22.4 Å². The average Bonchev–Trinajstić information content (AvgIpc) is 2.90. The number of nitrogens with one attached hydrogen (secondary N) is 1. The van der Waals surface area contributed by atoms with Crippen LogP contribution in [0.5, 0.6) is 0 Å². The number of hydrogen-bond donors (Lipinski definition) is 1. The van der Waals surface area contributed by atoms with Crippen LogP contribution in [0, 0.1) is 0 Å². The van der Waals surface area contributed by atoms with E-state index in [9.17, 15) is 0 Å². The van der Waals surface area contributed by atoms with E-state index in [4.69, 9.17) is 0 Å². The summed E-state index contributed by atoms with van der Waals surface area (Å²) in [5.41, 5.74) is 1.46. The molecule has 1 atom stereocenters. The summed E-state index contributed by atoms with van der Waals surface area (Å²) in [4.78, 5) is 2.56. The van der Waals surface area contributed by atoms with Gasteiger partial charge in [-0.2, -0.15) is 11.3 Å². The first kappa shape index (κ1) is 12.1. The van der Waals surface area contributed by atoms with Gasteiger partial charge in [-0.25, -0.2) is 0 Å². The highest BCUT2D eigenvalue weighted by atomic mass is 32.1. The van der Waals surface area contributed by atoms with Gasteiger partial charge in [0.1, 0.15) is 0 Å². The van der Waals surface area contributed by atoms with Crippen molar-refractivity contribution in [2.24, 2.45) is 0 Å². The lowest BCUT2D eigenvalue weighted by Crippen LogP contribution is -2.35. The molecule has 0 bridgehead atoms. The monoisotopic (exact) mass is 238 g/mol. The van der Waals surface area contributed by atoms with Crippen molar-refractivity contribution >= 4 is 11.3 Å². The fourth-order valence-electron chi connectivity index (χ4n) is 2.31. The minimum atomic E-state index is 0.595. The van der Waals surface area contributed by atoms with E-state index < -0.39 is 0 Å². The first-order valence-electron chi connectivity index (χ1n) is 6.31. The van der Waals surface area contributed by atoms with Crippen molar-refractivity contribution in [2.75, 3.05) is 26.2 Å². The molecule has 1 saturated heterocycles. The Labute approximate surface area is 103 Å². The van der Waals surface area contributed by atoms with Crippen LogP contribution in [0.4, 0.5) is 0 Å². The molecule has 16 heavy (non-hydrogen) atoms. The maximum Gasteiger partial charge on any atom is 0.0107 e. The van der Waals surface area contributed by atoms with Gasteiger partial charge in [-0.15, -0.1) is 0 Å². The minimum absolute atomic E-state index is 0.595. The highest BCUT2D eigenvalue weighted by Crippen LogP contribution is 2.09. The van der Waals surface area contributed by atoms with Crippen molar-refractivity contribution in [3.63, 3.8) is 0 Å². The lowest BCUT2D eigenvalue weighted by molar-refractivity contribution is 0.329. The Bertz CT molecular complexity index is 278. The third-order valence-electron chi connectivity index (χ3n) is 3.24. The average molecular weight is 238 g/mol. The molecule has 2 nitrogen and oxygen atoms in total. The van der Waals surface area contributed by atoms with E-state index in [-0.39, 0.29) is 0 Å². The Morgan fingerprint density at radius 3 is 2.94 bits per heavy atom. The largest absolute Gasteiger partial charge is 0.313 e. The smallest absolute Gasteiger partial charge is 0.0107 e. The zero-order chi connectivity index (χ0) is 11.2. The molecule has 1 aliphatic rings. The normalized spacial score (nSPS) is 19.1. The third kappa shape index (κ3) is 3.89. The van der Waals surface area contributed by atoms with Crippen molar-refractivity contribution in [2.45, 2.75) is 32.2 Å². The molecular weight excluding hydrogens is 216 g/mol. The molecule has 0 spiro atoms. The quantitative estimate of drug-likeness (QED) is 0.818. The van der Waals surface area contributed by atoms with Gasteiger partial charge in [-0.1, -0.05) is 0 Å². The molecule has 0 amide bonds. The van der Waals surface area contributed by atoms with Crippen LogP contribution in [-0.4, -0.2) is 37.1 Å². The van der Waals surface area contributed by atoms with E-state index in [1.54, 1.807) is 11.3 Å². The van der Waals surface area contributed by atoms with Gasteiger partial charge >= 0.3 is 0 Å². The molecule has 1 aromatic heterocycles. The van der Waals surface area contributed by atoms with Gasteiger partial charge in [0.25, 0.3) is 0 Å². The van der Waals surface area contributed by atoms with Crippen LogP contribution < -0.4 is 5.32 Å². The summed E-state index contributed by atoms with van der Waals surface area (Å²) in [7, 11) is 0. The number of rotatable bonds is 6. The summed E-state index contributed by atoms with van der Waals surface area (Å²) in [6.45, 7) is 7.24. The first-order valence-corrected chi connectivity index (χ1v) is 7.25. The van der Waals surface area contributed by atoms with E-state index in [2.05, 4.69) is 34.0 Å². The number of thiophene rings is 1. The van der Waals surface area contributed by atoms with E-state index >= 15 is 0 Å². The fourth-order valence-corrected chi connectivity index (χ4v) is 2.99. The van der Waals surface area contributed by atoms with Gasteiger partial charge in [0.2, 0.25) is 0 Å². The second kappa shape index (κ2) is 6.38. The molecule has 0 saturated carbocycles. The lowest BCUT2D eigenvalue weighted by atomic mass is 10.1. The van der Waals surface area contributed by atoms with Crippen molar-refractivity contribution in [1.29, 1.82) is 0 Å². The van der Waals surface area contributed by atoms with Crippen LogP contribution in [0.3, 0.4) is 0 Å². The van der Waals surface area contributed by atoms with E-state index in [0.717, 1.165) is 13.0 Å². The Balaban J connectivity index is 1.58. The van der Waals surface area contributed by atoms with Gasteiger partial charge in [0.15, 0.2) is 0 Å².